The van der Waals surface area contributed by atoms with E-state index in [4.69, 9.17) is 0 Å². The first-order valence-corrected chi connectivity index (χ1v) is 7.51. The molecule has 1 aliphatic heterocycles. The van der Waals surface area contributed by atoms with Crippen molar-refractivity contribution >= 4 is 16.9 Å². The van der Waals surface area contributed by atoms with E-state index in [1.807, 2.05) is 25.6 Å². The Morgan fingerprint density at radius 1 is 1.45 bits per heavy atom. The fourth-order valence-corrected chi connectivity index (χ4v) is 3.04. The van der Waals surface area contributed by atoms with E-state index in [1.165, 1.54) is 12.8 Å². The first-order valence-electron chi connectivity index (χ1n) is 7.51. The minimum atomic E-state index is 0.712. The number of aryl methyl sites for hydroxylation is 1. The second-order valence-corrected chi connectivity index (χ2v) is 5.61. The quantitative estimate of drug-likeness (QED) is 0.922. The summed E-state index contributed by atoms with van der Waals surface area (Å²) in [7, 11) is 2.03. The maximum absolute atomic E-state index is 4.59. The Labute approximate surface area is 120 Å². The molecule has 0 bridgehead atoms. The molecule has 1 N–H and O–H groups in total. The van der Waals surface area contributed by atoms with Crippen molar-refractivity contribution in [3.63, 3.8) is 0 Å². The number of piperidine rings is 1. The molecule has 108 valence electrons. The van der Waals surface area contributed by atoms with E-state index >= 15 is 0 Å². The minimum absolute atomic E-state index is 0.712. The molecule has 1 atom stereocenters. The third kappa shape index (κ3) is 2.50. The fraction of sp³-hybridized carbons (Fsp3) is 0.600. The molecule has 2 aromatic rings. The van der Waals surface area contributed by atoms with Crippen LogP contribution in [0.4, 0.5) is 5.82 Å². The van der Waals surface area contributed by atoms with Crippen molar-refractivity contribution in [2.75, 3.05) is 31.1 Å². The molecule has 0 aliphatic carbocycles. The van der Waals surface area contributed by atoms with Gasteiger partial charge in [0.15, 0.2) is 5.82 Å². The number of hydrogen-bond donors (Lipinski definition) is 1. The van der Waals surface area contributed by atoms with Gasteiger partial charge in [-0.1, -0.05) is 0 Å². The second kappa shape index (κ2) is 5.79. The Kier molecular flexibility index (Phi) is 3.87. The molecule has 0 aromatic carbocycles. The lowest BCUT2D eigenvalue weighted by atomic mass is 9.99. The normalized spacial score (nSPS) is 19.4. The molecule has 0 radical (unpaired) electrons. The van der Waals surface area contributed by atoms with Crippen LogP contribution in [0.1, 0.15) is 19.8 Å². The highest BCUT2D eigenvalue weighted by Crippen LogP contribution is 2.24. The zero-order valence-electron chi connectivity index (χ0n) is 12.3. The van der Waals surface area contributed by atoms with Crippen LogP contribution in [-0.4, -0.2) is 40.7 Å². The zero-order valence-corrected chi connectivity index (χ0v) is 12.3. The molecule has 3 rings (SSSR count). The maximum atomic E-state index is 4.59. The van der Waals surface area contributed by atoms with Crippen molar-refractivity contribution in [2.45, 2.75) is 19.8 Å². The van der Waals surface area contributed by atoms with Crippen LogP contribution in [0.5, 0.6) is 0 Å². The van der Waals surface area contributed by atoms with E-state index in [0.717, 1.165) is 43.0 Å². The molecule has 1 aliphatic rings. The first-order chi connectivity index (χ1) is 9.79. The molecule has 5 nitrogen and oxygen atoms in total. The lowest BCUT2D eigenvalue weighted by Gasteiger charge is -2.30. The molecule has 1 saturated heterocycles. The van der Waals surface area contributed by atoms with Crippen LogP contribution < -0.4 is 10.2 Å². The third-order valence-electron chi connectivity index (χ3n) is 4.18. The number of imidazole rings is 1. The molecular weight excluding hydrogens is 250 g/mol. The van der Waals surface area contributed by atoms with Crippen LogP contribution >= 0.6 is 0 Å². The number of hydrogen-bond acceptors (Lipinski definition) is 4. The minimum Gasteiger partial charge on any atom is -0.355 e. The predicted molar refractivity (Wildman–Crippen MR) is 82.0 cm³/mol. The molecule has 3 heterocycles. The van der Waals surface area contributed by atoms with E-state index in [9.17, 15) is 0 Å². The van der Waals surface area contributed by atoms with E-state index in [1.54, 1.807) is 0 Å². The van der Waals surface area contributed by atoms with Gasteiger partial charge in [-0.25, -0.2) is 9.97 Å². The summed E-state index contributed by atoms with van der Waals surface area (Å²) in [6.45, 7) is 6.51. The third-order valence-corrected chi connectivity index (χ3v) is 4.18. The molecule has 0 amide bonds. The number of aromatic nitrogens is 3. The van der Waals surface area contributed by atoms with Gasteiger partial charge < -0.3 is 14.8 Å². The highest BCUT2D eigenvalue weighted by atomic mass is 15.2. The van der Waals surface area contributed by atoms with Crippen LogP contribution in [0.15, 0.2) is 18.6 Å². The van der Waals surface area contributed by atoms with Gasteiger partial charge in [0.2, 0.25) is 0 Å². The van der Waals surface area contributed by atoms with Gasteiger partial charge in [0.1, 0.15) is 5.52 Å². The average molecular weight is 273 g/mol. The van der Waals surface area contributed by atoms with Gasteiger partial charge in [0.25, 0.3) is 0 Å². The Hall–Kier alpha value is -1.62. The molecule has 5 heteroatoms. The van der Waals surface area contributed by atoms with Crippen LogP contribution in [0, 0.1) is 5.92 Å². The summed E-state index contributed by atoms with van der Waals surface area (Å²) in [6, 6.07) is 2.03. The van der Waals surface area contributed by atoms with Gasteiger partial charge >= 0.3 is 0 Å². The average Bonchev–Trinajstić information content (AvgIpc) is 2.88. The summed E-state index contributed by atoms with van der Waals surface area (Å²) in [5, 5.41) is 3.49. The van der Waals surface area contributed by atoms with Crippen molar-refractivity contribution in [2.24, 2.45) is 13.0 Å². The monoisotopic (exact) mass is 273 g/mol. The lowest BCUT2D eigenvalue weighted by molar-refractivity contribution is 0.377. The summed E-state index contributed by atoms with van der Waals surface area (Å²) in [5.74, 6) is 1.74. The lowest BCUT2D eigenvalue weighted by Crippen LogP contribution is -2.38. The van der Waals surface area contributed by atoms with Gasteiger partial charge in [-0.2, -0.15) is 0 Å². The van der Waals surface area contributed by atoms with Gasteiger partial charge in [-0.15, -0.1) is 0 Å². The van der Waals surface area contributed by atoms with Gasteiger partial charge in [-0.05, 0) is 44.8 Å². The van der Waals surface area contributed by atoms with Crippen LogP contribution in [0.2, 0.25) is 0 Å². The second-order valence-electron chi connectivity index (χ2n) is 5.61. The van der Waals surface area contributed by atoms with E-state index in [2.05, 4.69) is 31.7 Å². The predicted octanol–water partition coefficient (Wildman–Crippen LogP) is 1.79. The molecular formula is C15H23N5. The van der Waals surface area contributed by atoms with Gasteiger partial charge in [0, 0.05) is 26.3 Å². The Balaban J connectivity index is 1.86. The zero-order chi connectivity index (χ0) is 13.9. The maximum Gasteiger partial charge on any atom is 0.156 e. The summed E-state index contributed by atoms with van der Waals surface area (Å²) < 4.78 is 2.05. The molecule has 1 fully saturated rings. The van der Waals surface area contributed by atoms with Crippen molar-refractivity contribution in [1.82, 2.24) is 19.9 Å². The molecule has 0 spiro atoms. The van der Waals surface area contributed by atoms with Gasteiger partial charge in [-0.3, -0.25) is 0 Å². The van der Waals surface area contributed by atoms with E-state index < -0.39 is 0 Å². The number of pyridine rings is 1. The smallest absolute Gasteiger partial charge is 0.156 e. The number of rotatable bonds is 4. The number of nitrogens with zero attached hydrogens (tertiary/aromatic N) is 4. The van der Waals surface area contributed by atoms with E-state index in [0.29, 0.717) is 5.92 Å². The SMILES string of the molecule is CCN(CC1CCCNC1)c1nccc2c1ncn2C. The molecule has 1 unspecified atom stereocenters. The highest BCUT2D eigenvalue weighted by molar-refractivity contribution is 5.86. The van der Waals surface area contributed by atoms with Crippen LogP contribution in [-0.2, 0) is 7.05 Å². The van der Waals surface area contributed by atoms with Crippen molar-refractivity contribution in [3.05, 3.63) is 18.6 Å². The van der Waals surface area contributed by atoms with E-state index in [-0.39, 0.29) is 0 Å². The molecule has 20 heavy (non-hydrogen) atoms. The van der Waals surface area contributed by atoms with Crippen LogP contribution in [0.3, 0.4) is 0 Å². The fourth-order valence-electron chi connectivity index (χ4n) is 3.04. The van der Waals surface area contributed by atoms with Crippen LogP contribution in [0.25, 0.3) is 11.0 Å². The standard InChI is InChI=1S/C15H23N5/c1-3-20(10-12-5-4-7-16-9-12)15-14-13(6-8-17-15)19(2)11-18-14/h6,8,11-12,16H,3-5,7,9-10H2,1-2H3. The largest absolute Gasteiger partial charge is 0.355 e. The van der Waals surface area contributed by atoms with Crippen molar-refractivity contribution < 1.29 is 0 Å². The first kappa shape index (κ1) is 13.4. The summed E-state index contributed by atoms with van der Waals surface area (Å²) in [4.78, 5) is 11.5. The summed E-state index contributed by atoms with van der Waals surface area (Å²) >= 11 is 0. The number of nitrogens with one attached hydrogen (secondary N) is 1. The van der Waals surface area contributed by atoms with Crippen molar-refractivity contribution in [3.8, 4) is 0 Å². The Morgan fingerprint density at radius 2 is 2.35 bits per heavy atom. The van der Waals surface area contributed by atoms with Crippen molar-refractivity contribution in [1.29, 1.82) is 0 Å². The number of anilines is 1. The molecule has 0 saturated carbocycles. The topological polar surface area (TPSA) is 46.0 Å². The molecule has 2 aromatic heterocycles. The summed E-state index contributed by atoms with van der Waals surface area (Å²) in [5.41, 5.74) is 2.16. The Morgan fingerprint density at radius 3 is 3.10 bits per heavy atom. The highest BCUT2D eigenvalue weighted by Gasteiger charge is 2.19. The summed E-state index contributed by atoms with van der Waals surface area (Å²) in [6.07, 6.45) is 6.35. The van der Waals surface area contributed by atoms with Gasteiger partial charge in [0.05, 0.1) is 11.8 Å². The Bertz CT molecular complexity index is 571. The number of fused-ring (bicyclic) bond motifs is 1.